The largest absolute Gasteiger partial charge is 0.457 e. The van der Waals surface area contributed by atoms with Gasteiger partial charge in [0, 0.05) is 19.1 Å². The number of aliphatic hydroxyl groups is 1. The van der Waals surface area contributed by atoms with Gasteiger partial charge >= 0.3 is 5.97 Å². The van der Waals surface area contributed by atoms with Crippen LogP contribution in [0, 0.1) is 17.3 Å². The molecule has 1 aliphatic rings. The van der Waals surface area contributed by atoms with Crippen LogP contribution in [0.25, 0.3) is 0 Å². The predicted molar refractivity (Wildman–Crippen MR) is 88.5 cm³/mol. The van der Waals surface area contributed by atoms with Gasteiger partial charge in [-0.2, -0.15) is 0 Å². The maximum Gasteiger partial charge on any atom is 0.373 e. The summed E-state index contributed by atoms with van der Waals surface area (Å²) >= 11 is 0. The topological polar surface area (TPSA) is 65.0 Å². The van der Waals surface area contributed by atoms with Crippen LogP contribution in [0.4, 0.5) is 0 Å². The molecule has 5 nitrogen and oxygen atoms in total. The second kappa shape index (κ2) is 9.08. The highest BCUT2D eigenvalue weighted by molar-refractivity contribution is 5.86. The Morgan fingerprint density at radius 1 is 1.48 bits per heavy atom. The molecule has 1 heterocycles. The fourth-order valence-corrected chi connectivity index (χ4v) is 2.89. The Balaban J connectivity index is 3.07. The molecule has 0 bridgehead atoms. The Labute approximate surface area is 139 Å². The van der Waals surface area contributed by atoms with E-state index < -0.39 is 12.3 Å². The molecule has 0 aliphatic carbocycles. The zero-order valence-corrected chi connectivity index (χ0v) is 14.7. The SMILES string of the molecule is C=CCOC(=O)C1=C[C@H](C(C)(C)C)[C@H](CCCO)[C@H](OCC)O1. The lowest BCUT2D eigenvalue weighted by atomic mass is 9.70. The smallest absolute Gasteiger partial charge is 0.373 e. The molecule has 0 amide bonds. The van der Waals surface area contributed by atoms with Gasteiger partial charge in [0.2, 0.25) is 12.0 Å². The van der Waals surface area contributed by atoms with Crippen LogP contribution in [-0.4, -0.2) is 37.2 Å². The highest BCUT2D eigenvalue weighted by Gasteiger charge is 2.42. The van der Waals surface area contributed by atoms with Crippen LogP contribution in [0.5, 0.6) is 0 Å². The first kappa shape index (κ1) is 19.7. The van der Waals surface area contributed by atoms with Gasteiger partial charge in [-0.1, -0.05) is 33.4 Å². The van der Waals surface area contributed by atoms with Crippen LogP contribution in [0.3, 0.4) is 0 Å². The fraction of sp³-hybridized carbons (Fsp3) is 0.722. The van der Waals surface area contributed by atoms with Gasteiger partial charge in [-0.05, 0) is 37.2 Å². The van der Waals surface area contributed by atoms with E-state index in [2.05, 4.69) is 27.4 Å². The van der Waals surface area contributed by atoms with Gasteiger partial charge in [0.05, 0.1) is 0 Å². The van der Waals surface area contributed by atoms with E-state index in [1.54, 1.807) is 0 Å². The van der Waals surface area contributed by atoms with E-state index in [4.69, 9.17) is 19.3 Å². The van der Waals surface area contributed by atoms with Gasteiger partial charge in [-0.3, -0.25) is 0 Å². The molecule has 5 heteroatoms. The van der Waals surface area contributed by atoms with Gasteiger partial charge in [-0.25, -0.2) is 4.79 Å². The summed E-state index contributed by atoms with van der Waals surface area (Å²) in [6.45, 7) is 12.6. The number of carbonyl (C=O) groups is 1. The van der Waals surface area contributed by atoms with E-state index in [0.29, 0.717) is 13.0 Å². The minimum absolute atomic E-state index is 0.0662. The minimum atomic E-state index is -0.507. The van der Waals surface area contributed by atoms with Crippen molar-refractivity contribution in [2.24, 2.45) is 17.3 Å². The molecular formula is C18H30O5. The Morgan fingerprint density at radius 2 is 2.17 bits per heavy atom. The number of hydrogen-bond donors (Lipinski definition) is 1. The van der Waals surface area contributed by atoms with Crippen LogP contribution >= 0.6 is 0 Å². The lowest BCUT2D eigenvalue weighted by molar-refractivity contribution is -0.186. The quantitative estimate of drug-likeness (QED) is 0.548. The Morgan fingerprint density at radius 3 is 2.70 bits per heavy atom. The van der Waals surface area contributed by atoms with Gasteiger partial charge in [-0.15, -0.1) is 0 Å². The molecule has 0 saturated carbocycles. The first-order valence-corrected chi connectivity index (χ1v) is 8.24. The van der Waals surface area contributed by atoms with Gasteiger partial charge < -0.3 is 19.3 Å². The maximum atomic E-state index is 12.1. The minimum Gasteiger partial charge on any atom is -0.457 e. The molecule has 0 aromatic rings. The summed E-state index contributed by atoms with van der Waals surface area (Å²) in [6.07, 6.45) is 4.31. The third-order valence-corrected chi connectivity index (χ3v) is 3.94. The van der Waals surface area contributed by atoms with Crippen LogP contribution in [0.1, 0.15) is 40.5 Å². The van der Waals surface area contributed by atoms with Crippen LogP contribution < -0.4 is 0 Å². The summed E-state index contributed by atoms with van der Waals surface area (Å²) in [5, 5.41) is 9.16. The normalized spacial score (nSPS) is 24.6. The van der Waals surface area contributed by atoms with Crippen molar-refractivity contribution < 1.29 is 24.1 Å². The van der Waals surface area contributed by atoms with Crippen molar-refractivity contribution in [1.29, 1.82) is 0 Å². The second-order valence-electron chi connectivity index (χ2n) is 6.78. The molecule has 1 rings (SSSR count). The van der Waals surface area contributed by atoms with Crippen molar-refractivity contribution in [3.8, 4) is 0 Å². The molecule has 132 valence electrons. The lowest BCUT2D eigenvalue weighted by Crippen LogP contribution is -2.42. The van der Waals surface area contributed by atoms with E-state index in [0.717, 1.165) is 6.42 Å². The summed E-state index contributed by atoms with van der Waals surface area (Å²) in [6, 6.07) is 0. The summed E-state index contributed by atoms with van der Waals surface area (Å²) < 4.78 is 16.6. The van der Waals surface area contributed by atoms with E-state index in [9.17, 15) is 4.79 Å². The summed E-state index contributed by atoms with van der Waals surface area (Å²) in [5.41, 5.74) is -0.0662. The van der Waals surface area contributed by atoms with Crippen molar-refractivity contribution in [2.75, 3.05) is 19.8 Å². The number of carbonyl (C=O) groups excluding carboxylic acids is 1. The molecule has 0 radical (unpaired) electrons. The predicted octanol–water partition coefficient (Wildman–Crippen LogP) is 3.04. The van der Waals surface area contributed by atoms with Crippen molar-refractivity contribution >= 4 is 5.97 Å². The summed E-state index contributed by atoms with van der Waals surface area (Å²) in [4.78, 5) is 12.1. The molecule has 0 saturated heterocycles. The molecule has 3 atom stereocenters. The van der Waals surface area contributed by atoms with Crippen LogP contribution in [-0.2, 0) is 19.0 Å². The number of esters is 1. The van der Waals surface area contributed by atoms with Gasteiger partial charge in [0.25, 0.3) is 0 Å². The second-order valence-corrected chi connectivity index (χ2v) is 6.78. The molecule has 0 aromatic heterocycles. The van der Waals surface area contributed by atoms with Crippen molar-refractivity contribution in [2.45, 2.75) is 46.8 Å². The van der Waals surface area contributed by atoms with Crippen molar-refractivity contribution in [3.63, 3.8) is 0 Å². The van der Waals surface area contributed by atoms with E-state index in [1.165, 1.54) is 6.08 Å². The third-order valence-electron chi connectivity index (χ3n) is 3.94. The first-order valence-electron chi connectivity index (χ1n) is 8.24. The number of hydrogen-bond acceptors (Lipinski definition) is 5. The molecule has 23 heavy (non-hydrogen) atoms. The van der Waals surface area contributed by atoms with Crippen LogP contribution in [0.15, 0.2) is 24.5 Å². The zero-order chi connectivity index (χ0) is 17.5. The first-order chi connectivity index (χ1) is 10.8. The van der Waals surface area contributed by atoms with Crippen molar-refractivity contribution in [3.05, 3.63) is 24.5 Å². The molecule has 0 unspecified atom stereocenters. The highest BCUT2D eigenvalue weighted by atomic mass is 16.7. The Hall–Kier alpha value is -1.33. The van der Waals surface area contributed by atoms with Gasteiger partial charge in [0.15, 0.2) is 0 Å². The van der Waals surface area contributed by atoms with E-state index in [1.807, 2.05) is 13.0 Å². The number of aliphatic hydroxyl groups excluding tert-OH is 1. The average Bonchev–Trinajstić information content (AvgIpc) is 2.50. The Kier molecular flexibility index (Phi) is 7.79. The molecule has 0 aromatic carbocycles. The number of ether oxygens (including phenoxy) is 3. The molecule has 0 spiro atoms. The lowest BCUT2D eigenvalue weighted by Gasteiger charge is -2.42. The third kappa shape index (κ3) is 5.66. The molecule has 1 aliphatic heterocycles. The maximum absolute atomic E-state index is 12.1. The molecular weight excluding hydrogens is 296 g/mol. The average molecular weight is 326 g/mol. The highest BCUT2D eigenvalue weighted by Crippen LogP contribution is 2.42. The molecule has 0 fully saturated rings. The number of allylic oxidation sites excluding steroid dienone is 1. The van der Waals surface area contributed by atoms with E-state index >= 15 is 0 Å². The fourth-order valence-electron chi connectivity index (χ4n) is 2.89. The summed E-state index contributed by atoms with van der Waals surface area (Å²) in [5.74, 6) is -0.126. The van der Waals surface area contributed by atoms with Gasteiger partial charge in [0.1, 0.15) is 6.61 Å². The summed E-state index contributed by atoms with van der Waals surface area (Å²) in [7, 11) is 0. The van der Waals surface area contributed by atoms with Crippen molar-refractivity contribution in [1.82, 2.24) is 0 Å². The number of rotatable bonds is 8. The van der Waals surface area contributed by atoms with Crippen LogP contribution in [0.2, 0.25) is 0 Å². The zero-order valence-electron chi connectivity index (χ0n) is 14.7. The standard InChI is InChI=1S/C18H30O5/c1-6-11-22-16(20)15-12-14(18(3,4)5)13(9-8-10-19)17(23-15)21-7-2/h6,12-14,17,19H,1,7-11H2,2-5H3/t13-,14-,17+/m0/s1. The molecule has 1 N–H and O–H groups in total. The van der Waals surface area contributed by atoms with E-state index in [-0.39, 0.29) is 36.2 Å². The monoisotopic (exact) mass is 326 g/mol. The Bertz CT molecular complexity index is 422.